The van der Waals surface area contributed by atoms with Crippen LogP contribution in [-0.2, 0) is 25.0 Å². The first-order valence-electron chi connectivity index (χ1n) is 15.9. The molecule has 12 nitrogen and oxygen atoms in total. The van der Waals surface area contributed by atoms with E-state index in [-0.39, 0.29) is 31.3 Å². The number of carbonyl (C=O) groups is 4. The molecule has 2 aliphatic heterocycles. The van der Waals surface area contributed by atoms with Gasteiger partial charge in [0.1, 0.15) is 29.3 Å². The van der Waals surface area contributed by atoms with Gasteiger partial charge in [0.05, 0.1) is 17.6 Å². The Bertz CT molecular complexity index is 1570. The van der Waals surface area contributed by atoms with E-state index in [0.29, 0.717) is 25.3 Å². The number of benzene rings is 1. The third kappa shape index (κ3) is 7.79. The maximum atomic E-state index is 14.7. The number of rotatable bonds is 5. The van der Waals surface area contributed by atoms with Gasteiger partial charge in [0.25, 0.3) is 5.92 Å². The van der Waals surface area contributed by atoms with E-state index in [2.05, 4.69) is 20.6 Å². The molecule has 1 saturated carbocycles. The summed E-state index contributed by atoms with van der Waals surface area (Å²) in [6, 6.07) is 4.18. The minimum Gasteiger partial charge on any atom is -0.479 e. The lowest BCUT2D eigenvalue weighted by molar-refractivity contribution is -0.145. The average molecular weight is 658 g/mol. The van der Waals surface area contributed by atoms with Gasteiger partial charge in [-0.25, -0.2) is 19.6 Å². The van der Waals surface area contributed by atoms with Crippen molar-refractivity contribution in [2.24, 2.45) is 5.92 Å². The van der Waals surface area contributed by atoms with E-state index in [0.717, 1.165) is 12.8 Å². The molecular weight excluding hydrogens is 616 g/mol. The van der Waals surface area contributed by atoms with Crippen LogP contribution in [0, 0.1) is 5.92 Å². The zero-order valence-corrected chi connectivity index (χ0v) is 26.9. The number of halogens is 2. The van der Waals surface area contributed by atoms with E-state index in [1.54, 1.807) is 51.1 Å². The van der Waals surface area contributed by atoms with Crippen LogP contribution in [0.3, 0.4) is 0 Å². The minimum atomic E-state index is -3.42. The summed E-state index contributed by atoms with van der Waals surface area (Å²) < 4.78 is 40.9. The van der Waals surface area contributed by atoms with Crippen molar-refractivity contribution in [3.63, 3.8) is 0 Å². The van der Waals surface area contributed by atoms with E-state index >= 15 is 0 Å². The van der Waals surface area contributed by atoms with Crippen molar-refractivity contribution in [1.29, 1.82) is 0 Å². The molecule has 2 aromatic rings. The number of carbonyl (C=O) groups excluding carboxylic acids is 3. The lowest BCUT2D eigenvalue weighted by atomic mass is 10.0. The fourth-order valence-corrected chi connectivity index (χ4v) is 6.11. The van der Waals surface area contributed by atoms with Gasteiger partial charge in [-0.1, -0.05) is 37.1 Å². The van der Waals surface area contributed by atoms with E-state index in [1.165, 1.54) is 4.90 Å². The molecule has 254 valence electrons. The number of hydrogen-bond acceptors (Lipinski definition) is 8. The summed E-state index contributed by atoms with van der Waals surface area (Å²) in [5, 5.41) is 15.4. The first kappa shape index (κ1) is 34.0. The minimum absolute atomic E-state index is 0.143. The van der Waals surface area contributed by atoms with Crippen LogP contribution in [-0.4, -0.2) is 79.7 Å². The number of para-hydroxylation sites is 2. The second kappa shape index (κ2) is 13.0. The molecule has 0 radical (unpaired) electrons. The number of aromatic nitrogens is 2. The summed E-state index contributed by atoms with van der Waals surface area (Å²) in [7, 11) is 0. The van der Waals surface area contributed by atoms with Gasteiger partial charge in [-0.15, -0.1) is 0 Å². The Morgan fingerprint density at radius 1 is 1.09 bits per heavy atom. The fraction of sp³-hybridized carbons (Fsp3) is 0.576. The van der Waals surface area contributed by atoms with Crippen LogP contribution >= 0.6 is 0 Å². The van der Waals surface area contributed by atoms with Crippen LogP contribution in [0.2, 0.25) is 0 Å². The molecule has 5 rings (SSSR count). The number of ether oxygens (including phenoxy) is 2. The van der Waals surface area contributed by atoms with Gasteiger partial charge in [-0.2, -0.15) is 8.78 Å². The lowest BCUT2D eigenvalue weighted by Gasteiger charge is -2.30. The Labute approximate surface area is 271 Å². The van der Waals surface area contributed by atoms with Crippen molar-refractivity contribution in [2.75, 3.05) is 6.54 Å². The third-order valence-corrected chi connectivity index (χ3v) is 8.54. The van der Waals surface area contributed by atoms with Crippen molar-refractivity contribution in [1.82, 2.24) is 25.5 Å². The topological polar surface area (TPSA) is 160 Å². The first-order chi connectivity index (χ1) is 22.1. The molecule has 3 amide bonds. The SMILES string of the molecule is CC(C)(C)OC(=O)NC1CCCCCC=CC2CC2(C(=O)O)NC(=O)C2CC(Oc3nc4ccccc4nc3C(C)(F)F)CN2C1=O. The van der Waals surface area contributed by atoms with E-state index in [4.69, 9.17) is 9.47 Å². The van der Waals surface area contributed by atoms with Gasteiger partial charge in [0, 0.05) is 19.3 Å². The summed E-state index contributed by atoms with van der Waals surface area (Å²) in [5.41, 5.74) is -2.50. The Kier molecular flexibility index (Phi) is 9.43. The predicted octanol–water partition coefficient (Wildman–Crippen LogP) is 4.46. The van der Waals surface area contributed by atoms with E-state index in [9.17, 15) is 33.1 Å². The summed E-state index contributed by atoms with van der Waals surface area (Å²) in [4.78, 5) is 62.7. The molecule has 0 spiro atoms. The van der Waals surface area contributed by atoms with Crippen molar-refractivity contribution in [2.45, 2.75) is 108 Å². The van der Waals surface area contributed by atoms with Crippen LogP contribution in [0.5, 0.6) is 5.88 Å². The normalized spacial score (nSPS) is 27.1. The number of aliphatic carboxylic acids is 1. The molecule has 1 saturated heterocycles. The molecule has 3 N–H and O–H groups in total. The van der Waals surface area contributed by atoms with E-state index < -0.39 is 76.6 Å². The van der Waals surface area contributed by atoms with Crippen LogP contribution < -0.4 is 15.4 Å². The van der Waals surface area contributed by atoms with Gasteiger partial charge < -0.3 is 30.1 Å². The monoisotopic (exact) mass is 657 g/mol. The average Bonchev–Trinajstić information content (AvgIpc) is 3.51. The van der Waals surface area contributed by atoms with Crippen LogP contribution in [0.4, 0.5) is 13.6 Å². The number of allylic oxidation sites excluding steroid dienone is 1. The highest BCUT2D eigenvalue weighted by Gasteiger charge is 2.61. The summed E-state index contributed by atoms with van der Waals surface area (Å²) in [6.45, 7) is 5.53. The summed E-state index contributed by atoms with van der Waals surface area (Å²) >= 11 is 0. The van der Waals surface area contributed by atoms with E-state index in [1.807, 2.05) is 6.08 Å². The number of fused-ring (bicyclic) bond motifs is 3. The van der Waals surface area contributed by atoms with Crippen LogP contribution in [0.25, 0.3) is 11.0 Å². The smallest absolute Gasteiger partial charge is 0.408 e. The number of alkyl halides is 2. The molecule has 2 fully saturated rings. The summed E-state index contributed by atoms with van der Waals surface area (Å²) in [6.07, 6.45) is 5.00. The molecule has 47 heavy (non-hydrogen) atoms. The molecule has 1 aromatic heterocycles. The zero-order valence-electron chi connectivity index (χ0n) is 26.9. The molecule has 5 unspecified atom stereocenters. The maximum Gasteiger partial charge on any atom is 0.408 e. The number of hydrogen-bond donors (Lipinski definition) is 3. The quantitative estimate of drug-likeness (QED) is 0.395. The zero-order chi connectivity index (χ0) is 34.1. The molecule has 3 heterocycles. The van der Waals surface area contributed by atoms with Gasteiger partial charge in [-0.3, -0.25) is 9.59 Å². The highest BCUT2D eigenvalue weighted by atomic mass is 19.3. The number of alkyl carbamates (subject to hydrolysis) is 1. The lowest BCUT2D eigenvalue weighted by Crippen LogP contribution is -2.56. The Hall–Kier alpha value is -4.36. The second-order valence-electron chi connectivity index (χ2n) is 13.6. The molecule has 1 aliphatic carbocycles. The van der Waals surface area contributed by atoms with Gasteiger partial charge in [0.2, 0.25) is 17.7 Å². The van der Waals surface area contributed by atoms with Crippen molar-refractivity contribution in [3.8, 4) is 5.88 Å². The number of carboxylic acids is 1. The number of nitrogens with zero attached hydrogens (tertiary/aromatic N) is 3. The Morgan fingerprint density at radius 2 is 1.79 bits per heavy atom. The van der Waals surface area contributed by atoms with Crippen molar-refractivity contribution in [3.05, 3.63) is 42.1 Å². The molecule has 0 bridgehead atoms. The first-order valence-corrected chi connectivity index (χ1v) is 15.9. The highest BCUT2D eigenvalue weighted by molar-refractivity contribution is 5.96. The number of nitrogens with one attached hydrogen (secondary N) is 2. The van der Waals surface area contributed by atoms with Crippen molar-refractivity contribution >= 4 is 34.9 Å². The fourth-order valence-electron chi connectivity index (χ4n) is 6.11. The Morgan fingerprint density at radius 3 is 2.45 bits per heavy atom. The van der Waals surface area contributed by atoms with Gasteiger partial charge >= 0.3 is 12.1 Å². The predicted molar refractivity (Wildman–Crippen MR) is 166 cm³/mol. The summed E-state index contributed by atoms with van der Waals surface area (Å²) in [5.74, 6) is -6.80. The molecule has 1 aromatic carbocycles. The van der Waals surface area contributed by atoms with Crippen LogP contribution in [0.1, 0.15) is 78.3 Å². The molecule has 3 aliphatic rings. The molecular formula is C33H41F2N5O7. The highest BCUT2D eigenvalue weighted by Crippen LogP contribution is 2.45. The standard InChI is InChI=1S/C33H41F2N5O7/c1-31(2,3)47-30(45)38-23-15-9-7-5-6-8-12-19-17-33(19,29(43)44)39-26(41)24-16-20(18-40(24)28(23)42)46-27-25(32(4,34)35)36-21-13-10-11-14-22(21)37-27/h8,10-14,19-20,23-24H,5-7,9,15-18H2,1-4H3,(H,38,45)(H,39,41)(H,43,44). The molecule has 14 heteroatoms. The third-order valence-electron chi connectivity index (χ3n) is 8.54. The largest absolute Gasteiger partial charge is 0.479 e. The second-order valence-corrected chi connectivity index (χ2v) is 13.6. The Balaban J connectivity index is 1.48. The number of carboxylic acid groups (broad SMARTS) is 1. The maximum absolute atomic E-state index is 14.7. The van der Waals surface area contributed by atoms with Crippen molar-refractivity contribution < 1.29 is 42.5 Å². The van der Waals surface area contributed by atoms with Crippen LogP contribution in [0.15, 0.2) is 36.4 Å². The molecule has 5 atom stereocenters. The van der Waals surface area contributed by atoms with Gasteiger partial charge in [-0.05, 0) is 58.6 Å². The number of amides is 3. The van der Waals surface area contributed by atoms with Gasteiger partial charge in [0.15, 0.2) is 5.69 Å².